The summed E-state index contributed by atoms with van der Waals surface area (Å²) in [6.07, 6.45) is 0. The van der Waals surface area contributed by atoms with Gasteiger partial charge in [0.05, 0.1) is 4.70 Å². The smallest absolute Gasteiger partial charge is 0.266 e. The van der Waals surface area contributed by atoms with Crippen molar-refractivity contribution in [1.29, 1.82) is 0 Å². The van der Waals surface area contributed by atoms with Crippen LogP contribution in [0.25, 0.3) is 10.2 Å². The summed E-state index contributed by atoms with van der Waals surface area (Å²) in [6.45, 7) is 5.26. The van der Waals surface area contributed by atoms with E-state index < -0.39 is 0 Å². The SMILES string of the molecule is CC(C)c1ccc(OCC(=O)N(CCN(C)C)c2nc3c(F)cccc3s2)cc1.Cl. The molecule has 0 aliphatic carbocycles. The first-order chi connectivity index (χ1) is 13.8. The number of fused-ring (bicyclic) bond motifs is 1. The molecular weight excluding hydrogens is 425 g/mol. The third-order valence-electron chi connectivity index (χ3n) is 4.57. The summed E-state index contributed by atoms with van der Waals surface area (Å²) in [4.78, 5) is 20.9. The molecule has 5 nitrogen and oxygen atoms in total. The Bertz CT molecular complexity index is 976. The van der Waals surface area contributed by atoms with Gasteiger partial charge in [-0.1, -0.05) is 43.4 Å². The standard InChI is InChI=1S/C22H26FN3O2S.ClH/c1-15(2)16-8-10-17(11-9-16)28-14-20(27)26(13-12-25(3)4)22-24-21-18(23)6-5-7-19(21)29-22;/h5-11,15H,12-14H2,1-4H3;1H. The number of anilines is 1. The van der Waals surface area contributed by atoms with Gasteiger partial charge in [0.2, 0.25) is 0 Å². The number of rotatable bonds is 8. The number of carbonyl (C=O) groups is 1. The van der Waals surface area contributed by atoms with E-state index in [0.717, 1.165) is 0 Å². The summed E-state index contributed by atoms with van der Waals surface area (Å²) in [5.74, 6) is 0.489. The quantitative estimate of drug-likeness (QED) is 0.486. The van der Waals surface area contributed by atoms with Crippen LogP contribution in [0.15, 0.2) is 42.5 Å². The second-order valence-corrected chi connectivity index (χ2v) is 8.45. The summed E-state index contributed by atoms with van der Waals surface area (Å²) in [7, 11) is 3.88. The van der Waals surface area contributed by atoms with Gasteiger partial charge in [-0.15, -0.1) is 12.4 Å². The van der Waals surface area contributed by atoms with Gasteiger partial charge in [0.25, 0.3) is 5.91 Å². The lowest BCUT2D eigenvalue weighted by Crippen LogP contribution is -2.39. The largest absolute Gasteiger partial charge is 0.484 e. The molecular formula is C22H27ClFN3O2S. The molecule has 1 amide bonds. The number of para-hydroxylation sites is 1. The molecule has 0 unspecified atom stereocenters. The zero-order valence-corrected chi connectivity index (χ0v) is 19.2. The minimum absolute atomic E-state index is 0. The van der Waals surface area contributed by atoms with Crippen molar-refractivity contribution in [3.8, 4) is 5.75 Å². The van der Waals surface area contributed by atoms with Crippen molar-refractivity contribution in [2.75, 3.05) is 38.7 Å². The Morgan fingerprint density at radius 1 is 1.13 bits per heavy atom. The van der Waals surface area contributed by atoms with Crippen LogP contribution in [0.1, 0.15) is 25.3 Å². The number of benzene rings is 2. The van der Waals surface area contributed by atoms with E-state index in [0.29, 0.717) is 40.1 Å². The normalized spacial score (nSPS) is 11.0. The Hall–Kier alpha value is -2.22. The van der Waals surface area contributed by atoms with Crippen LogP contribution in [-0.4, -0.2) is 49.6 Å². The molecule has 0 aliphatic rings. The molecule has 0 saturated carbocycles. The van der Waals surface area contributed by atoms with E-state index in [1.54, 1.807) is 17.0 Å². The summed E-state index contributed by atoms with van der Waals surface area (Å²) in [5.41, 5.74) is 1.51. The highest BCUT2D eigenvalue weighted by Crippen LogP contribution is 2.30. The molecule has 3 aromatic rings. The molecule has 0 saturated heterocycles. The van der Waals surface area contributed by atoms with Crippen LogP contribution in [0.2, 0.25) is 0 Å². The van der Waals surface area contributed by atoms with E-state index in [-0.39, 0.29) is 30.7 Å². The minimum Gasteiger partial charge on any atom is -0.484 e. The molecule has 30 heavy (non-hydrogen) atoms. The number of likely N-dealkylation sites (N-methyl/N-ethyl adjacent to an activating group) is 1. The molecule has 0 spiro atoms. The van der Waals surface area contributed by atoms with Gasteiger partial charge in [0.15, 0.2) is 11.7 Å². The summed E-state index contributed by atoms with van der Waals surface area (Å²) in [5, 5.41) is 0.482. The summed E-state index contributed by atoms with van der Waals surface area (Å²) in [6, 6.07) is 12.6. The van der Waals surface area contributed by atoms with Crippen LogP contribution in [0.3, 0.4) is 0 Å². The highest BCUT2D eigenvalue weighted by Gasteiger charge is 2.21. The molecule has 1 aromatic heterocycles. The molecule has 0 fully saturated rings. The van der Waals surface area contributed by atoms with Gasteiger partial charge < -0.3 is 9.64 Å². The molecule has 0 radical (unpaired) electrons. The minimum atomic E-state index is -0.383. The first-order valence-corrected chi connectivity index (χ1v) is 10.4. The Labute approximate surface area is 186 Å². The summed E-state index contributed by atoms with van der Waals surface area (Å²) < 4.78 is 20.5. The first-order valence-electron chi connectivity index (χ1n) is 9.58. The fourth-order valence-corrected chi connectivity index (χ4v) is 3.84. The number of aromatic nitrogens is 1. The van der Waals surface area contributed by atoms with Crippen LogP contribution in [0, 0.1) is 5.82 Å². The topological polar surface area (TPSA) is 45.7 Å². The van der Waals surface area contributed by atoms with Crippen LogP contribution < -0.4 is 9.64 Å². The Morgan fingerprint density at radius 3 is 2.43 bits per heavy atom. The molecule has 0 atom stereocenters. The third-order valence-corrected chi connectivity index (χ3v) is 5.61. The lowest BCUT2D eigenvalue weighted by atomic mass is 10.0. The molecule has 0 aliphatic heterocycles. The molecule has 162 valence electrons. The molecule has 0 bridgehead atoms. The van der Waals surface area contributed by atoms with Crippen molar-refractivity contribution in [2.45, 2.75) is 19.8 Å². The third kappa shape index (κ3) is 5.90. The zero-order chi connectivity index (χ0) is 21.0. The monoisotopic (exact) mass is 451 g/mol. The summed E-state index contributed by atoms with van der Waals surface area (Å²) >= 11 is 1.31. The van der Waals surface area contributed by atoms with E-state index in [1.165, 1.54) is 23.0 Å². The maximum absolute atomic E-state index is 14.0. The van der Waals surface area contributed by atoms with Crippen LogP contribution in [-0.2, 0) is 4.79 Å². The van der Waals surface area contributed by atoms with Crippen molar-refractivity contribution in [2.24, 2.45) is 0 Å². The van der Waals surface area contributed by atoms with E-state index >= 15 is 0 Å². The molecule has 2 aromatic carbocycles. The number of hydrogen-bond acceptors (Lipinski definition) is 5. The van der Waals surface area contributed by atoms with E-state index in [9.17, 15) is 9.18 Å². The van der Waals surface area contributed by atoms with Crippen molar-refractivity contribution >= 4 is 45.0 Å². The average molecular weight is 452 g/mol. The average Bonchev–Trinajstić information content (AvgIpc) is 3.12. The highest BCUT2D eigenvalue weighted by atomic mass is 35.5. The number of thiazole rings is 1. The van der Waals surface area contributed by atoms with Crippen LogP contribution >= 0.6 is 23.7 Å². The van der Waals surface area contributed by atoms with Gasteiger partial charge in [0.1, 0.15) is 17.1 Å². The van der Waals surface area contributed by atoms with Gasteiger partial charge in [-0.3, -0.25) is 9.69 Å². The van der Waals surface area contributed by atoms with Gasteiger partial charge in [0, 0.05) is 13.1 Å². The number of ether oxygens (including phenoxy) is 1. The maximum atomic E-state index is 14.0. The van der Waals surface area contributed by atoms with E-state index in [1.807, 2.05) is 43.3 Å². The van der Waals surface area contributed by atoms with Crippen molar-refractivity contribution in [3.63, 3.8) is 0 Å². The Kier molecular flexibility index (Phi) is 8.58. The second-order valence-electron chi connectivity index (χ2n) is 7.44. The zero-order valence-electron chi connectivity index (χ0n) is 17.6. The van der Waals surface area contributed by atoms with Gasteiger partial charge in [-0.2, -0.15) is 0 Å². The van der Waals surface area contributed by atoms with Crippen molar-refractivity contribution in [3.05, 3.63) is 53.8 Å². The fourth-order valence-electron chi connectivity index (χ4n) is 2.82. The predicted octanol–water partition coefficient (Wildman–Crippen LogP) is 4.95. The number of hydrogen-bond donors (Lipinski definition) is 0. The first kappa shape index (κ1) is 24.1. The number of halogens is 2. The Balaban J connectivity index is 0.00000320. The van der Waals surface area contributed by atoms with Gasteiger partial charge in [-0.25, -0.2) is 9.37 Å². The van der Waals surface area contributed by atoms with E-state index in [2.05, 4.69) is 18.8 Å². The van der Waals surface area contributed by atoms with Crippen LogP contribution in [0.5, 0.6) is 5.75 Å². The van der Waals surface area contributed by atoms with Gasteiger partial charge in [-0.05, 0) is 49.8 Å². The molecule has 8 heteroatoms. The highest BCUT2D eigenvalue weighted by molar-refractivity contribution is 7.22. The molecule has 0 N–H and O–H groups in total. The lowest BCUT2D eigenvalue weighted by molar-refractivity contribution is -0.120. The van der Waals surface area contributed by atoms with E-state index in [4.69, 9.17) is 4.74 Å². The Morgan fingerprint density at radius 2 is 1.83 bits per heavy atom. The lowest BCUT2D eigenvalue weighted by Gasteiger charge is -2.22. The number of amides is 1. The maximum Gasteiger partial charge on any atom is 0.266 e. The molecule has 1 heterocycles. The predicted molar refractivity (Wildman–Crippen MR) is 124 cm³/mol. The number of nitrogens with zero attached hydrogens (tertiary/aromatic N) is 3. The second kappa shape index (κ2) is 10.7. The van der Waals surface area contributed by atoms with Crippen LogP contribution in [0.4, 0.5) is 9.52 Å². The number of carbonyl (C=O) groups excluding carboxylic acids is 1. The van der Waals surface area contributed by atoms with Crippen molar-refractivity contribution in [1.82, 2.24) is 9.88 Å². The van der Waals surface area contributed by atoms with Crippen molar-refractivity contribution < 1.29 is 13.9 Å². The fraction of sp³-hybridized carbons (Fsp3) is 0.364. The van der Waals surface area contributed by atoms with Gasteiger partial charge >= 0.3 is 0 Å². The molecule has 3 rings (SSSR count).